The smallest absolute Gasteiger partial charge is 0.0615 e. The molecule has 0 radical (unpaired) electrons. The molecular weight excluding hydrogens is 178 g/mol. The Labute approximate surface area is 86.6 Å². The van der Waals surface area contributed by atoms with Gasteiger partial charge in [-0.3, -0.25) is 0 Å². The highest BCUT2D eigenvalue weighted by molar-refractivity contribution is 4.91. The number of hydrogen-bond acceptors (Lipinski definition) is 3. The van der Waals surface area contributed by atoms with Crippen LogP contribution < -0.4 is 5.73 Å². The molecule has 0 heterocycles. The topological polar surface area (TPSA) is 55.5 Å². The first-order chi connectivity index (χ1) is 6.64. The Hall–Kier alpha value is -0.120. The number of ether oxygens (including phenoxy) is 1. The van der Waals surface area contributed by atoms with Gasteiger partial charge in [-0.1, -0.05) is 0 Å². The van der Waals surface area contributed by atoms with Crippen LogP contribution in [-0.2, 0) is 4.74 Å². The van der Waals surface area contributed by atoms with Gasteiger partial charge in [0.15, 0.2) is 0 Å². The first kappa shape index (κ1) is 12.0. The van der Waals surface area contributed by atoms with Crippen molar-refractivity contribution in [3.8, 4) is 0 Å². The summed E-state index contributed by atoms with van der Waals surface area (Å²) < 4.78 is 5.65. The van der Waals surface area contributed by atoms with E-state index < -0.39 is 0 Å². The molecule has 14 heavy (non-hydrogen) atoms. The van der Waals surface area contributed by atoms with E-state index >= 15 is 0 Å². The molecule has 1 saturated carbocycles. The molecule has 1 aliphatic carbocycles. The van der Waals surface area contributed by atoms with Gasteiger partial charge >= 0.3 is 0 Å². The van der Waals surface area contributed by atoms with Crippen LogP contribution in [0.15, 0.2) is 0 Å². The van der Waals surface area contributed by atoms with E-state index in [4.69, 9.17) is 10.5 Å². The summed E-state index contributed by atoms with van der Waals surface area (Å²) in [6.45, 7) is 5.53. The zero-order valence-electron chi connectivity index (χ0n) is 9.33. The third-order valence-corrected chi connectivity index (χ3v) is 3.64. The molecule has 0 amide bonds. The standard InChI is InChI=1S/C11H23NO2/c1-3-14-9(2)11(8-12)6-4-10(13)5-7-11/h9-10,13H,3-8,12H2,1-2H3. The third kappa shape index (κ3) is 2.47. The van der Waals surface area contributed by atoms with Crippen LogP contribution >= 0.6 is 0 Å². The average molecular weight is 201 g/mol. The van der Waals surface area contributed by atoms with E-state index in [0.717, 1.165) is 32.3 Å². The number of nitrogens with two attached hydrogens (primary N) is 1. The predicted molar refractivity (Wildman–Crippen MR) is 57.1 cm³/mol. The molecule has 0 saturated heterocycles. The van der Waals surface area contributed by atoms with Crippen molar-refractivity contribution in [3.63, 3.8) is 0 Å². The summed E-state index contributed by atoms with van der Waals surface area (Å²) in [5.74, 6) is 0. The first-order valence-electron chi connectivity index (χ1n) is 5.64. The molecule has 0 bridgehead atoms. The first-order valence-corrected chi connectivity index (χ1v) is 5.64. The van der Waals surface area contributed by atoms with Crippen LogP contribution in [0.3, 0.4) is 0 Å². The van der Waals surface area contributed by atoms with Crippen molar-refractivity contribution < 1.29 is 9.84 Å². The van der Waals surface area contributed by atoms with E-state index in [1.54, 1.807) is 0 Å². The zero-order chi connectivity index (χ0) is 10.6. The van der Waals surface area contributed by atoms with E-state index in [0.29, 0.717) is 6.54 Å². The highest BCUT2D eigenvalue weighted by atomic mass is 16.5. The molecule has 1 aliphatic rings. The maximum absolute atomic E-state index is 9.47. The van der Waals surface area contributed by atoms with Gasteiger partial charge < -0.3 is 15.6 Å². The second-order valence-electron chi connectivity index (χ2n) is 4.40. The van der Waals surface area contributed by atoms with Crippen molar-refractivity contribution in [1.29, 1.82) is 0 Å². The van der Waals surface area contributed by atoms with Crippen LogP contribution in [-0.4, -0.2) is 30.5 Å². The molecule has 0 aromatic rings. The number of aliphatic hydroxyl groups excluding tert-OH is 1. The Bertz CT molecular complexity index is 165. The maximum Gasteiger partial charge on any atom is 0.0615 e. The SMILES string of the molecule is CCOC(C)C1(CN)CCC(O)CC1. The maximum atomic E-state index is 9.47. The van der Waals surface area contributed by atoms with Gasteiger partial charge in [0.2, 0.25) is 0 Å². The lowest BCUT2D eigenvalue weighted by molar-refractivity contribution is -0.0567. The summed E-state index contributed by atoms with van der Waals surface area (Å²) in [6.07, 6.45) is 3.81. The van der Waals surface area contributed by atoms with E-state index in [1.165, 1.54) is 0 Å². The largest absolute Gasteiger partial charge is 0.393 e. The van der Waals surface area contributed by atoms with E-state index in [2.05, 4.69) is 6.92 Å². The minimum Gasteiger partial charge on any atom is -0.393 e. The van der Waals surface area contributed by atoms with Crippen LogP contribution in [0.4, 0.5) is 0 Å². The summed E-state index contributed by atoms with van der Waals surface area (Å²) >= 11 is 0. The molecule has 0 spiro atoms. The minimum atomic E-state index is -0.122. The lowest BCUT2D eigenvalue weighted by Crippen LogP contribution is -2.45. The lowest BCUT2D eigenvalue weighted by atomic mass is 9.70. The molecular formula is C11H23NO2. The number of hydrogen-bond donors (Lipinski definition) is 2. The highest BCUT2D eigenvalue weighted by Crippen LogP contribution is 2.39. The molecule has 0 aliphatic heterocycles. The van der Waals surface area contributed by atoms with E-state index in [9.17, 15) is 5.11 Å². The number of aliphatic hydroxyl groups is 1. The number of rotatable bonds is 4. The monoisotopic (exact) mass is 201 g/mol. The lowest BCUT2D eigenvalue weighted by Gasteiger charge is -2.42. The van der Waals surface area contributed by atoms with Crippen LogP contribution in [0.25, 0.3) is 0 Å². The third-order valence-electron chi connectivity index (χ3n) is 3.64. The van der Waals surface area contributed by atoms with Gasteiger partial charge in [0, 0.05) is 18.6 Å². The summed E-state index contributed by atoms with van der Waals surface area (Å²) in [7, 11) is 0. The quantitative estimate of drug-likeness (QED) is 0.720. The molecule has 84 valence electrons. The molecule has 0 aromatic heterocycles. The summed E-state index contributed by atoms with van der Waals surface area (Å²) in [5.41, 5.74) is 5.96. The zero-order valence-corrected chi connectivity index (χ0v) is 9.33. The van der Waals surface area contributed by atoms with Crippen molar-refractivity contribution in [3.05, 3.63) is 0 Å². The Morgan fingerprint density at radius 1 is 1.50 bits per heavy atom. The van der Waals surface area contributed by atoms with Crippen molar-refractivity contribution >= 4 is 0 Å². The van der Waals surface area contributed by atoms with Gasteiger partial charge in [-0.05, 0) is 39.5 Å². The van der Waals surface area contributed by atoms with Gasteiger partial charge in [0.1, 0.15) is 0 Å². The molecule has 0 aromatic carbocycles. The molecule has 3 heteroatoms. The minimum absolute atomic E-state index is 0.106. The summed E-state index contributed by atoms with van der Waals surface area (Å²) in [4.78, 5) is 0. The van der Waals surface area contributed by atoms with Crippen molar-refractivity contribution in [1.82, 2.24) is 0 Å². The fraction of sp³-hybridized carbons (Fsp3) is 1.00. The second-order valence-corrected chi connectivity index (χ2v) is 4.40. The molecule has 1 rings (SSSR count). The molecule has 1 atom stereocenters. The van der Waals surface area contributed by atoms with Crippen molar-refractivity contribution in [2.75, 3.05) is 13.2 Å². The fourth-order valence-corrected chi connectivity index (χ4v) is 2.38. The molecule has 3 nitrogen and oxygen atoms in total. The molecule has 1 fully saturated rings. The average Bonchev–Trinajstić information content (AvgIpc) is 2.20. The predicted octanol–water partition coefficient (Wildman–Crippen LogP) is 1.29. The Balaban J connectivity index is 2.57. The van der Waals surface area contributed by atoms with Crippen LogP contribution in [0.1, 0.15) is 39.5 Å². The van der Waals surface area contributed by atoms with Gasteiger partial charge in [-0.25, -0.2) is 0 Å². The molecule has 3 N–H and O–H groups in total. The fourth-order valence-electron chi connectivity index (χ4n) is 2.38. The van der Waals surface area contributed by atoms with Gasteiger partial charge in [0.25, 0.3) is 0 Å². The Morgan fingerprint density at radius 2 is 2.07 bits per heavy atom. The second kappa shape index (κ2) is 5.10. The summed E-state index contributed by atoms with van der Waals surface area (Å²) in [5, 5.41) is 9.47. The highest BCUT2D eigenvalue weighted by Gasteiger charge is 2.38. The Morgan fingerprint density at radius 3 is 2.50 bits per heavy atom. The van der Waals surface area contributed by atoms with Gasteiger partial charge in [0.05, 0.1) is 12.2 Å². The summed E-state index contributed by atoms with van der Waals surface area (Å²) in [6, 6.07) is 0. The van der Waals surface area contributed by atoms with E-state index in [-0.39, 0.29) is 17.6 Å². The normalized spacial score (nSPS) is 35.6. The van der Waals surface area contributed by atoms with E-state index in [1.807, 2.05) is 6.92 Å². The molecule has 1 unspecified atom stereocenters. The van der Waals surface area contributed by atoms with Crippen molar-refractivity contribution in [2.24, 2.45) is 11.1 Å². The van der Waals surface area contributed by atoms with Crippen LogP contribution in [0.2, 0.25) is 0 Å². The Kier molecular flexibility index (Phi) is 4.35. The van der Waals surface area contributed by atoms with Crippen LogP contribution in [0.5, 0.6) is 0 Å². The van der Waals surface area contributed by atoms with Gasteiger partial charge in [-0.15, -0.1) is 0 Å². The van der Waals surface area contributed by atoms with Gasteiger partial charge in [-0.2, -0.15) is 0 Å². The van der Waals surface area contributed by atoms with Crippen molar-refractivity contribution in [2.45, 2.75) is 51.7 Å². The van der Waals surface area contributed by atoms with Crippen LogP contribution in [0, 0.1) is 5.41 Å².